The van der Waals surface area contributed by atoms with E-state index in [1.54, 1.807) is 85.9 Å². The molecule has 3 aliphatic rings. The van der Waals surface area contributed by atoms with Gasteiger partial charge < -0.3 is 23.9 Å². The summed E-state index contributed by atoms with van der Waals surface area (Å²) < 4.78 is 21.5. The molecule has 15 nitrogen and oxygen atoms in total. The van der Waals surface area contributed by atoms with Crippen LogP contribution in [0.4, 0.5) is 5.69 Å². The highest BCUT2D eigenvalue weighted by atomic mass is 35.5. The number of rotatable bonds is 9. The number of aryl methyl sites for hydroxylation is 2. The highest BCUT2D eigenvalue weighted by Gasteiger charge is 2.69. The number of halogens is 1. The Morgan fingerprint density at radius 1 is 0.850 bits per heavy atom. The number of imide groups is 1. The molecular formula is C44H39ClN6O9. The third-order valence-corrected chi connectivity index (χ3v) is 12.5. The minimum absolute atomic E-state index is 0.0367. The molecular weight excluding hydrogens is 792 g/mol. The molecule has 4 unspecified atom stereocenters. The third kappa shape index (κ3) is 5.48. The SMILES string of the molecule is COc1cc2nc(CCn3c(=O)n4n(c3=O)C3CC5C(=O)N(c6cccc(Cl)c6)C(=O)C5(c5ccccc5)C(c5cccc(OC)c5O)C3=CC4)c(=O)n(C)c2cc1OC. The molecule has 0 spiro atoms. The van der Waals surface area contributed by atoms with Gasteiger partial charge in [-0.2, -0.15) is 0 Å². The van der Waals surface area contributed by atoms with E-state index < -0.39 is 52.0 Å². The Labute approximate surface area is 346 Å². The number of carbonyl (C=O) groups excluding carboxylic acids is 2. The maximum absolute atomic E-state index is 15.4. The Kier molecular flexibility index (Phi) is 9.30. The average Bonchev–Trinajstić information content (AvgIpc) is 3.64. The maximum atomic E-state index is 15.4. The van der Waals surface area contributed by atoms with E-state index >= 15 is 4.79 Å². The standard InChI is InChI=1S/C44H39ClN6O9/c1-47-33-23-36(60-4)35(59-3)22-31(33)46-30(40(47)54)17-18-48-42(56)49-19-16-27-32(51(49)43(48)57)21-29-39(53)50(26-13-8-12-25(45)20-26)41(55)44(29,24-10-6-5-7-11-24)37(27)28-14-9-15-34(58-2)38(28)52/h5-16,20,22-23,29,32,37,52H,17-19,21H2,1-4H3. The fourth-order valence-corrected chi connectivity index (χ4v) is 9.80. The predicted octanol–water partition coefficient (Wildman–Crippen LogP) is 4.48. The van der Waals surface area contributed by atoms with E-state index in [2.05, 4.69) is 4.98 Å². The number of amides is 2. The summed E-state index contributed by atoms with van der Waals surface area (Å²) in [5, 5.41) is 12.2. The van der Waals surface area contributed by atoms with Crippen LogP contribution in [0.15, 0.2) is 111 Å². The molecule has 1 saturated heterocycles. The molecule has 1 aliphatic carbocycles. The van der Waals surface area contributed by atoms with Crippen LogP contribution in [0.2, 0.25) is 5.02 Å². The molecule has 2 amide bonds. The molecule has 9 rings (SSSR count). The first kappa shape index (κ1) is 38.6. The second-order valence-corrected chi connectivity index (χ2v) is 15.5. The predicted molar refractivity (Wildman–Crippen MR) is 221 cm³/mol. The fourth-order valence-electron chi connectivity index (χ4n) is 9.62. The number of phenolic OH excluding ortho intramolecular Hbond substituents is 1. The van der Waals surface area contributed by atoms with E-state index in [1.807, 2.05) is 12.1 Å². The molecule has 2 fully saturated rings. The number of carbonyl (C=O) groups is 2. The minimum Gasteiger partial charge on any atom is -0.504 e. The first-order valence-electron chi connectivity index (χ1n) is 19.2. The van der Waals surface area contributed by atoms with E-state index in [9.17, 15) is 24.3 Å². The van der Waals surface area contributed by atoms with Crippen molar-refractivity contribution in [3.8, 4) is 23.0 Å². The van der Waals surface area contributed by atoms with E-state index in [4.69, 9.17) is 25.8 Å². The molecule has 0 radical (unpaired) electrons. The van der Waals surface area contributed by atoms with Gasteiger partial charge in [0.2, 0.25) is 11.8 Å². The molecule has 0 bridgehead atoms. The molecule has 2 aliphatic heterocycles. The van der Waals surface area contributed by atoms with Crippen molar-refractivity contribution in [2.75, 3.05) is 26.2 Å². The van der Waals surface area contributed by atoms with Gasteiger partial charge in [0, 0.05) is 48.6 Å². The Bertz CT molecular complexity index is 2990. The number of benzene rings is 4. The van der Waals surface area contributed by atoms with E-state index in [1.165, 1.54) is 35.3 Å². The van der Waals surface area contributed by atoms with Crippen molar-refractivity contribution in [1.29, 1.82) is 0 Å². The maximum Gasteiger partial charge on any atom is 0.347 e. The zero-order chi connectivity index (χ0) is 42.2. The quantitative estimate of drug-likeness (QED) is 0.162. The number of aromatic nitrogens is 5. The Morgan fingerprint density at radius 3 is 2.28 bits per heavy atom. The van der Waals surface area contributed by atoms with Crippen LogP contribution in [-0.4, -0.2) is 61.7 Å². The van der Waals surface area contributed by atoms with Gasteiger partial charge in [-0.3, -0.25) is 14.4 Å². The van der Waals surface area contributed by atoms with Crippen LogP contribution >= 0.6 is 11.6 Å². The fraction of sp³-hybridized carbons (Fsp3) is 0.273. The van der Waals surface area contributed by atoms with Gasteiger partial charge in [-0.1, -0.05) is 66.2 Å². The number of fused-ring (bicyclic) bond motifs is 5. The van der Waals surface area contributed by atoms with Crippen LogP contribution < -0.4 is 36.0 Å². The van der Waals surface area contributed by atoms with Crippen LogP contribution in [-0.2, 0) is 41.6 Å². The Balaban J connectivity index is 1.19. The topological polar surface area (TPSA) is 169 Å². The summed E-state index contributed by atoms with van der Waals surface area (Å²) in [6.07, 6.45) is 1.72. The van der Waals surface area contributed by atoms with Crippen molar-refractivity contribution in [2.45, 2.75) is 43.3 Å². The molecule has 4 atom stereocenters. The number of para-hydroxylation sites is 1. The summed E-state index contributed by atoms with van der Waals surface area (Å²) in [4.78, 5) is 78.6. The van der Waals surface area contributed by atoms with Crippen molar-refractivity contribution in [3.63, 3.8) is 0 Å². The van der Waals surface area contributed by atoms with Crippen LogP contribution in [0, 0.1) is 5.92 Å². The number of anilines is 1. The van der Waals surface area contributed by atoms with Gasteiger partial charge in [0.05, 0.1) is 62.0 Å². The first-order valence-corrected chi connectivity index (χ1v) is 19.6. The van der Waals surface area contributed by atoms with Crippen LogP contribution in [0.25, 0.3) is 11.0 Å². The summed E-state index contributed by atoms with van der Waals surface area (Å²) in [6.45, 7) is -0.230. The lowest BCUT2D eigenvalue weighted by Gasteiger charge is -2.49. The molecule has 16 heteroatoms. The molecule has 1 saturated carbocycles. The normalized spacial score (nSPS) is 20.7. The lowest BCUT2D eigenvalue weighted by molar-refractivity contribution is -0.124. The number of phenols is 1. The smallest absolute Gasteiger partial charge is 0.347 e. The summed E-state index contributed by atoms with van der Waals surface area (Å²) in [6, 6.07) is 22.8. The number of allylic oxidation sites excluding steroid dienone is 2. The van der Waals surface area contributed by atoms with E-state index in [0.29, 0.717) is 44.3 Å². The van der Waals surface area contributed by atoms with Crippen molar-refractivity contribution >= 4 is 40.1 Å². The zero-order valence-corrected chi connectivity index (χ0v) is 33.8. The van der Waals surface area contributed by atoms with Gasteiger partial charge in [-0.25, -0.2) is 33.4 Å². The minimum atomic E-state index is -1.62. The number of methoxy groups -OCH3 is 3. The molecule has 4 heterocycles. The van der Waals surface area contributed by atoms with Crippen molar-refractivity contribution < 1.29 is 28.9 Å². The van der Waals surface area contributed by atoms with Crippen molar-refractivity contribution in [2.24, 2.45) is 13.0 Å². The van der Waals surface area contributed by atoms with Crippen molar-refractivity contribution in [1.82, 2.24) is 23.5 Å². The molecule has 6 aromatic rings. The lowest BCUT2D eigenvalue weighted by Crippen LogP contribution is -2.53. The second kappa shape index (κ2) is 14.4. The number of hydrogen-bond donors (Lipinski definition) is 1. The van der Waals surface area contributed by atoms with Crippen LogP contribution in [0.1, 0.15) is 35.2 Å². The Morgan fingerprint density at radius 2 is 1.57 bits per heavy atom. The van der Waals surface area contributed by atoms with E-state index in [-0.39, 0.29) is 48.8 Å². The molecule has 60 heavy (non-hydrogen) atoms. The summed E-state index contributed by atoms with van der Waals surface area (Å²) in [7, 11) is 6.01. The highest BCUT2D eigenvalue weighted by Crippen LogP contribution is 2.63. The monoisotopic (exact) mass is 830 g/mol. The van der Waals surface area contributed by atoms with Gasteiger partial charge in [-0.15, -0.1) is 0 Å². The largest absolute Gasteiger partial charge is 0.504 e. The summed E-state index contributed by atoms with van der Waals surface area (Å²) in [5.74, 6) is -2.36. The third-order valence-electron chi connectivity index (χ3n) is 12.3. The lowest BCUT2D eigenvalue weighted by atomic mass is 9.53. The molecule has 1 N–H and O–H groups in total. The van der Waals surface area contributed by atoms with Gasteiger partial charge in [0.1, 0.15) is 5.69 Å². The zero-order valence-electron chi connectivity index (χ0n) is 33.0. The first-order chi connectivity index (χ1) is 29.0. The Hall–Kier alpha value is -6.87. The summed E-state index contributed by atoms with van der Waals surface area (Å²) in [5.41, 5.74) is -0.513. The molecule has 2 aromatic heterocycles. The van der Waals surface area contributed by atoms with Crippen molar-refractivity contribution in [3.05, 3.63) is 150 Å². The number of aromatic hydroxyl groups is 1. The van der Waals surface area contributed by atoms with Crippen LogP contribution in [0.3, 0.4) is 0 Å². The second-order valence-electron chi connectivity index (χ2n) is 15.0. The van der Waals surface area contributed by atoms with E-state index in [0.717, 1.165) is 9.47 Å². The number of hydrogen-bond acceptors (Lipinski definition) is 10. The van der Waals surface area contributed by atoms with Gasteiger partial charge in [-0.05, 0) is 41.8 Å². The number of ether oxygens (including phenoxy) is 3. The number of nitrogens with zero attached hydrogens (tertiary/aromatic N) is 6. The van der Waals surface area contributed by atoms with Gasteiger partial charge in [0.15, 0.2) is 23.0 Å². The van der Waals surface area contributed by atoms with Gasteiger partial charge in [0.25, 0.3) is 5.56 Å². The highest BCUT2D eigenvalue weighted by molar-refractivity contribution is 6.32. The van der Waals surface area contributed by atoms with Gasteiger partial charge >= 0.3 is 11.4 Å². The molecule has 306 valence electrons. The van der Waals surface area contributed by atoms with Crippen LogP contribution in [0.5, 0.6) is 23.0 Å². The average molecular weight is 831 g/mol. The summed E-state index contributed by atoms with van der Waals surface area (Å²) >= 11 is 6.41. The molecule has 4 aromatic carbocycles.